The third-order valence-corrected chi connectivity index (χ3v) is 7.70. The summed E-state index contributed by atoms with van der Waals surface area (Å²) in [5.74, 6) is -0.929. The summed E-state index contributed by atoms with van der Waals surface area (Å²) in [7, 11) is 1.48. The SMILES string of the molecule is COc1ccc(N2C(=O)CC(Sc3cccc(NC(=O)C(=Cc4ccco4)NC(=O)c4ccccc4)c3)C2=O)cc1Cl. The minimum Gasteiger partial charge on any atom is -0.495 e. The first-order valence-electron chi connectivity index (χ1n) is 12.7. The number of carbonyl (C=O) groups excluding carboxylic acids is 4. The van der Waals surface area contributed by atoms with Gasteiger partial charge in [-0.25, -0.2) is 4.90 Å². The molecule has 1 saturated heterocycles. The van der Waals surface area contributed by atoms with E-state index in [0.717, 1.165) is 4.90 Å². The molecule has 11 heteroatoms. The zero-order chi connectivity index (χ0) is 29.6. The first-order valence-corrected chi connectivity index (χ1v) is 14.0. The lowest BCUT2D eigenvalue weighted by Crippen LogP contribution is -2.31. The number of furan rings is 1. The summed E-state index contributed by atoms with van der Waals surface area (Å²) in [6.45, 7) is 0. The average molecular weight is 602 g/mol. The molecule has 2 N–H and O–H groups in total. The molecule has 5 rings (SSSR count). The number of nitrogens with one attached hydrogen (secondary N) is 2. The third-order valence-electron chi connectivity index (χ3n) is 6.23. The second-order valence-electron chi connectivity index (χ2n) is 9.07. The number of hydrogen-bond donors (Lipinski definition) is 2. The lowest BCUT2D eigenvalue weighted by Gasteiger charge is -2.16. The molecule has 9 nitrogen and oxygen atoms in total. The maximum Gasteiger partial charge on any atom is 0.272 e. The van der Waals surface area contributed by atoms with E-state index >= 15 is 0 Å². The maximum absolute atomic E-state index is 13.3. The maximum atomic E-state index is 13.3. The third kappa shape index (κ3) is 6.56. The molecule has 1 fully saturated rings. The Morgan fingerprint density at radius 3 is 2.55 bits per heavy atom. The number of benzene rings is 3. The summed E-state index contributed by atoms with van der Waals surface area (Å²) in [5, 5.41) is 5.05. The predicted octanol–water partition coefficient (Wildman–Crippen LogP) is 5.78. The highest BCUT2D eigenvalue weighted by Crippen LogP contribution is 2.37. The Balaban J connectivity index is 1.30. The van der Waals surface area contributed by atoms with E-state index in [0.29, 0.717) is 33.3 Å². The Kier molecular flexibility index (Phi) is 8.75. The molecule has 1 unspecified atom stereocenters. The van der Waals surface area contributed by atoms with Crippen molar-refractivity contribution in [3.05, 3.63) is 113 Å². The number of amides is 4. The van der Waals surface area contributed by atoms with Crippen LogP contribution in [-0.2, 0) is 14.4 Å². The number of nitrogens with zero attached hydrogens (tertiary/aromatic N) is 1. The topological polar surface area (TPSA) is 118 Å². The minimum atomic E-state index is -0.663. The van der Waals surface area contributed by atoms with Gasteiger partial charge >= 0.3 is 0 Å². The Labute approximate surface area is 250 Å². The van der Waals surface area contributed by atoms with E-state index in [2.05, 4.69) is 10.6 Å². The molecule has 2 heterocycles. The van der Waals surface area contributed by atoms with E-state index in [1.165, 1.54) is 37.3 Å². The number of carbonyl (C=O) groups is 4. The van der Waals surface area contributed by atoms with Gasteiger partial charge in [0.15, 0.2) is 0 Å². The van der Waals surface area contributed by atoms with Crippen LogP contribution < -0.4 is 20.3 Å². The predicted molar refractivity (Wildman–Crippen MR) is 160 cm³/mol. The quantitative estimate of drug-likeness (QED) is 0.185. The van der Waals surface area contributed by atoms with E-state index < -0.39 is 17.1 Å². The minimum absolute atomic E-state index is 0.00524. The normalized spacial score (nSPS) is 15.0. The molecule has 0 saturated carbocycles. The highest BCUT2D eigenvalue weighted by Gasteiger charge is 2.40. The Hall–Kier alpha value is -4.80. The molecular formula is C31H24ClN3O6S. The molecule has 1 aromatic heterocycles. The van der Waals surface area contributed by atoms with Crippen molar-refractivity contribution in [1.82, 2.24) is 5.32 Å². The lowest BCUT2D eigenvalue weighted by molar-refractivity contribution is -0.121. The fourth-order valence-electron chi connectivity index (χ4n) is 4.23. The van der Waals surface area contributed by atoms with Crippen LogP contribution in [0.4, 0.5) is 11.4 Å². The van der Waals surface area contributed by atoms with E-state index in [9.17, 15) is 19.2 Å². The van der Waals surface area contributed by atoms with Crippen molar-refractivity contribution >= 4 is 64.4 Å². The molecule has 0 radical (unpaired) electrons. The molecule has 1 aliphatic heterocycles. The van der Waals surface area contributed by atoms with Gasteiger partial charge in [-0.1, -0.05) is 35.9 Å². The number of methoxy groups -OCH3 is 1. The number of rotatable bonds is 9. The van der Waals surface area contributed by atoms with Gasteiger partial charge in [-0.15, -0.1) is 11.8 Å². The van der Waals surface area contributed by atoms with Crippen LogP contribution in [0.1, 0.15) is 22.5 Å². The van der Waals surface area contributed by atoms with Crippen molar-refractivity contribution in [2.75, 3.05) is 17.3 Å². The fourth-order valence-corrected chi connectivity index (χ4v) is 5.59. The van der Waals surface area contributed by atoms with E-state index in [-0.39, 0.29) is 29.0 Å². The zero-order valence-corrected chi connectivity index (χ0v) is 23.8. The Morgan fingerprint density at radius 2 is 1.83 bits per heavy atom. The molecule has 212 valence electrons. The molecule has 0 spiro atoms. The van der Waals surface area contributed by atoms with Gasteiger partial charge in [-0.2, -0.15) is 0 Å². The number of imide groups is 1. The second-order valence-corrected chi connectivity index (χ2v) is 10.8. The molecule has 4 amide bonds. The number of anilines is 2. The van der Waals surface area contributed by atoms with Crippen molar-refractivity contribution in [2.45, 2.75) is 16.6 Å². The summed E-state index contributed by atoms with van der Waals surface area (Å²) >= 11 is 7.42. The van der Waals surface area contributed by atoms with Crippen LogP contribution in [0.25, 0.3) is 6.08 Å². The molecule has 1 aliphatic rings. The van der Waals surface area contributed by atoms with Gasteiger partial charge in [0.2, 0.25) is 11.8 Å². The van der Waals surface area contributed by atoms with E-state index in [4.69, 9.17) is 20.8 Å². The molecular weight excluding hydrogens is 578 g/mol. The van der Waals surface area contributed by atoms with Crippen molar-refractivity contribution in [3.63, 3.8) is 0 Å². The van der Waals surface area contributed by atoms with E-state index in [1.807, 2.05) is 0 Å². The first-order chi connectivity index (χ1) is 20.3. The first kappa shape index (κ1) is 28.7. The van der Waals surface area contributed by atoms with Crippen LogP contribution in [0.5, 0.6) is 5.75 Å². The standard InChI is InChI=1S/C31H24ClN3O6S/c1-40-26-13-12-21(16-24(26)32)35-28(36)18-27(31(35)39)42-23-11-5-9-20(15-23)33-30(38)25(17-22-10-6-14-41-22)34-29(37)19-7-3-2-4-8-19/h2-17,27H,18H2,1H3,(H,33,38)(H,34,37). The molecule has 0 aliphatic carbocycles. The zero-order valence-electron chi connectivity index (χ0n) is 22.2. The summed E-state index contributed by atoms with van der Waals surface area (Å²) in [6.07, 6.45) is 2.89. The molecule has 1 atom stereocenters. The highest BCUT2D eigenvalue weighted by molar-refractivity contribution is 8.00. The number of hydrogen-bond acceptors (Lipinski definition) is 7. The van der Waals surface area contributed by atoms with Crippen LogP contribution in [0.3, 0.4) is 0 Å². The van der Waals surface area contributed by atoms with Crippen LogP contribution >= 0.6 is 23.4 Å². The van der Waals surface area contributed by atoms with Gasteiger partial charge in [-0.3, -0.25) is 19.2 Å². The number of ether oxygens (including phenoxy) is 1. The summed E-state index contributed by atoms with van der Waals surface area (Å²) in [6, 6.07) is 23.4. The number of halogens is 1. The van der Waals surface area contributed by atoms with Gasteiger partial charge < -0.3 is 19.8 Å². The summed E-state index contributed by atoms with van der Waals surface area (Å²) in [5.41, 5.74) is 1.16. The largest absolute Gasteiger partial charge is 0.495 e. The van der Waals surface area contributed by atoms with Gasteiger partial charge in [0.25, 0.3) is 11.8 Å². The van der Waals surface area contributed by atoms with Crippen molar-refractivity contribution in [1.29, 1.82) is 0 Å². The molecule has 3 aromatic carbocycles. The van der Waals surface area contributed by atoms with E-state index in [1.54, 1.807) is 78.9 Å². The van der Waals surface area contributed by atoms with Crippen LogP contribution in [0.15, 0.2) is 106 Å². The van der Waals surface area contributed by atoms with Gasteiger partial charge in [0.05, 0.1) is 29.3 Å². The van der Waals surface area contributed by atoms with Gasteiger partial charge in [0, 0.05) is 28.6 Å². The number of thioether (sulfide) groups is 1. The summed E-state index contributed by atoms with van der Waals surface area (Å²) < 4.78 is 10.5. The Morgan fingerprint density at radius 1 is 1.02 bits per heavy atom. The summed E-state index contributed by atoms with van der Waals surface area (Å²) in [4.78, 5) is 53.8. The monoisotopic (exact) mass is 601 g/mol. The van der Waals surface area contributed by atoms with Crippen LogP contribution in [0.2, 0.25) is 5.02 Å². The fraction of sp³-hybridized carbons (Fsp3) is 0.0968. The molecule has 42 heavy (non-hydrogen) atoms. The average Bonchev–Trinajstić information content (AvgIpc) is 3.60. The molecule has 4 aromatic rings. The van der Waals surface area contributed by atoms with Crippen LogP contribution in [0, 0.1) is 0 Å². The second kappa shape index (κ2) is 12.8. The lowest BCUT2D eigenvalue weighted by atomic mass is 10.2. The Bertz CT molecular complexity index is 1670. The van der Waals surface area contributed by atoms with Gasteiger partial charge in [-0.05, 0) is 60.7 Å². The van der Waals surface area contributed by atoms with Crippen molar-refractivity contribution < 1.29 is 28.3 Å². The van der Waals surface area contributed by atoms with Crippen LogP contribution in [-0.4, -0.2) is 36.0 Å². The molecule has 0 bridgehead atoms. The van der Waals surface area contributed by atoms with Crippen molar-refractivity contribution in [3.8, 4) is 5.75 Å². The van der Waals surface area contributed by atoms with Crippen molar-refractivity contribution in [2.24, 2.45) is 0 Å². The highest BCUT2D eigenvalue weighted by atomic mass is 35.5. The van der Waals surface area contributed by atoms with Gasteiger partial charge in [0.1, 0.15) is 17.2 Å². The smallest absolute Gasteiger partial charge is 0.272 e.